The maximum absolute atomic E-state index is 14.6. The Morgan fingerprint density at radius 2 is 1.44 bits per heavy atom. The molecule has 9 heteroatoms. The second-order valence-electron chi connectivity index (χ2n) is 11.1. The van der Waals surface area contributed by atoms with E-state index in [1.54, 1.807) is 31.3 Å². The van der Waals surface area contributed by atoms with Gasteiger partial charge in [0.15, 0.2) is 0 Å². The quantitative estimate of drug-likeness (QED) is 0.204. The van der Waals surface area contributed by atoms with Gasteiger partial charge in [-0.1, -0.05) is 51.0 Å². The Labute approximate surface area is 257 Å². The number of anilines is 2. The van der Waals surface area contributed by atoms with Crippen molar-refractivity contribution >= 4 is 34.7 Å². The minimum absolute atomic E-state index is 0.0728. The maximum atomic E-state index is 14.6. The summed E-state index contributed by atoms with van der Waals surface area (Å²) in [4.78, 5) is 30.6. The lowest BCUT2D eigenvalue weighted by atomic mass is 9.99. The van der Waals surface area contributed by atoms with Gasteiger partial charge in [0.05, 0.1) is 19.9 Å². The van der Waals surface area contributed by atoms with Crippen LogP contribution in [-0.2, 0) is 4.79 Å². The van der Waals surface area contributed by atoms with E-state index >= 15 is 0 Å². The number of aromatic nitrogens is 1. The summed E-state index contributed by atoms with van der Waals surface area (Å²) < 4.78 is 15.2. The Balaban J connectivity index is 1.61. The molecule has 0 bridgehead atoms. The van der Waals surface area contributed by atoms with Crippen molar-refractivity contribution in [1.29, 1.82) is 0 Å². The fourth-order valence-corrected chi connectivity index (χ4v) is 6.23. The number of carbonyl (C=O) groups excluding carboxylic acids is 2. The molecule has 0 saturated heterocycles. The van der Waals surface area contributed by atoms with Crippen LogP contribution in [0.5, 0.6) is 11.5 Å². The Morgan fingerprint density at radius 3 is 2.00 bits per heavy atom. The number of hydrogen-bond acceptors (Lipinski definition) is 7. The number of ether oxygens (including phenoxy) is 2. The van der Waals surface area contributed by atoms with Crippen molar-refractivity contribution in [2.75, 3.05) is 24.9 Å². The molecule has 224 valence electrons. The fraction of sp³-hybridized carbons (Fsp3) is 0.324. The van der Waals surface area contributed by atoms with Gasteiger partial charge in [0, 0.05) is 17.3 Å². The van der Waals surface area contributed by atoms with E-state index in [1.807, 2.05) is 60.7 Å². The molecular formula is C34H38N4O4S. The fourth-order valence-electron chi connectivity index (χ4n) is 5.48. The van der Waals surface area contributed by atoms with Crippen LogP contribution in [-0.4, -0.2) is 36.4 Å². The van der Waals surface area contributed by atoms with Gasteiger partial charge < -0.3 is 20.5 Å². The number of benzene rings is 3. The van der Waals surface area contributed by atoms with Crippen LogP contribution in [0.2, 0.25) is 0 Å². The molecule has 3 aromatic carbocycles. The number of nitrogens with two attached hydrogens (primary N) is 1. The average Bonchev–Trinajstić information content (AvgIpc) is 3.69. The predicted octanol–water partition coefficient (Wildman–Crippen LogP) is 6.98. The Bertz CT molecular complexity index is 1540. The molecule has 1 aliphatic rings. The van der Waals surface area contributed by atoms with E-state index in [-0.39, 0.29) is 22.5 Å². The van der Waals surface area contributed by atoms with Crippen LogP contribution < -0.4 is 25.4 Å². The van der Waals surface area contributed by atoms with Gasteiger partial charge in [0.2, 0.25) is 5.91 Å². The lowest BCUT2D eigenvalue weighted by molar-refractivity contribution is -0.123. The summed E-state index contributed by atoms with van der Waals surface area (Å²) in [5.41, 5.74) is 10.6. The summed E-state index contributed by atoms with van der Waals surface area (Å²) in [6.07, 6.45) is 3.99. The molecule has 8 nitrogen and oxygen atoms in total. The summed E-state index contributed by atoms with van der Waals surface area (Å²) in [6.45, 7) is 4.23. The zero-order valence-corrected chi connectivity index (χ0v) is 25.8. The van der Waals surface area contributed by atoms with Gasteiger partial charge in [0.1, 0.15) is 28.1 Å². The Morgan fingerprint density at radius 1 is 0.884 bits per heavy atom. The Kier molecular flexibility index (Phi) is 9.31. The van der Waals surface area contributed by atoms with Gasteiger partial charge in [-0.15, -0.1) is 0 Å². The van der Waals surface area contributed by atoms with E-state index in [0.29, 0.717) is 34.4 Å². The lowest BCUT2D eigenvalue weighted by Crippen LogP contribution is -2.46. The summed E-state index contributed by atoms with van der Waals surface area (Å²) in [6, 6.07) is 21.6. The second kappa shape index (κ2) is 13.3. The minimum atomic E-state index is -0.949. The predicted molar refractivity (Wildman–Crippen MR) is 172 cm³/mol. The molecule has 3 N–H and O–H groups in total. The molecule has 1 aliphatic carbocycles. The second-order valence-corrected chi connectivity index (χ2v) is 11.9. The summed E-state index contributed by atoms with van der Waals surface area (Å²) in [7, 11) is 3.20. The van der Waals surface area contributed by atoms with Gasteiger partial charge in [-0.05, 0) is 89.9 Å². The molecule has 1 atom stereocenters. The van der Waals surface area contributed by atoms with Crippen molar-refractivity contribution in [2.45, 2.75) is 57.5 Å². The van der Waals surface area contributed by atoms with E-state index in [1.165, 1.54) is 0 Å². The number of rotatable bonds is 10. The normalized spacial score (nSPS) is 14.0. The molecule has 0 aliphatic heterocycles. The van der Waals surface area contributed by atoms with Crippen molar-refractivity contribution in [3.63, 3.8) is 0 Å². The smallest absolute Gasteiger partial charge is 0.273 e. The molecule has 0 unspecified atom stereocenters. The Hall–Kier alpha value is -4.37. The molecular weight excluding hydrogens is 560 g/mol. The van der Waals surface area contributed by atoms with Gasteiger partial charge in [0.25, 0.3) is 5.91 Å². The van der Waals surface area contributed by atoms with E-state index in [0.717, 1.165) is 48.3 Å². The molecule has 1 fully saturated rings. The third-order valence-corrected chi connectivity index (χ3v) is 8.83. The highest BCUT2D eigenvalue weighted by atomic mass is 32.1. The molecule has 1 saturated carbocycles. The molecule has 1 heterocycles. The lowest BCUT2D eigenvalue weighted by Gasteiger charge is -2.32. The third-order valence-electron chi connectivity index (χ3n) is 7.98. The van der Waals surface area contributed by atoms with Gasteiger partial charge in [-0.3, -0.25) is 14.5 Å². The van der Waals surface area contributed by atoms with E-state index in [9.17, 15) is 9.59 Å². The van der Waals surface area contributed by atoms with E-state index < -0.39 is 11.9 Å². The van der Waals surface area contributed by atoms with E-state index in [4.69, 9.17) is 15.2 Å². The zero-order chi connectivity index (χ0) is 30.5. The number of hydrogen-bond donors (Lipinski definition) is 2. The van der Waals surface area contributed by atoms with Gasteiger partial charge in [-0.2, -0.15) is 4.37 Å². The van der Waals surface area contributed by atoms with Crippen LogP contribution in [0.1, 0.15) is 72.3 Å². The third kappa shape index (κ3) is 6.51. The molecule has 0 radical (unpaired) electrons. The molecule has 0 spiro atoms. The van der Waals surface area contributed by atoms with Crippen molar-refractivity contribution in [1.82, 2.24) is 9.69 Å². The van der Waals surface area contributed by atoms with Crippen LogP contribution in [0.4, 0.5) is 11.4 Å². The van der Waals surface area contributed by atoms with Crippen LogP contribution >= 0.6 is 11.5 Å². The minimum Gasteiger partial charge on any atom is -0.497 e. The number of nitrogens with zero attached hydrogens (tertiary/aromatic N) is 2. The van der Waals surface area contributed by atoms with E-state index in [2.05, 4.69) is 23.5 Å². The number of carbonyl (C=O) groups is 2. The standard InChI is InChI=1S/C34H38N4O4S/c1-21(2)22-9-15-26(16-10-22)38(34(40)32-29(35)30(37-43-32)23-11-17-27(41-3)18-12-23)31(24-13-19-28(42-4)20-14-24)33(39)36-25-7-5-6-8-25/h9-21,25,31H,5-8,35H2,1-4H3,(H,36,39)/t31-/m0/s1. The van der Waals surface area contributed by atoms with Crippen LogP contribution in [0.3, 0.4) is 0 Å². The molecule has 43 heavy (non-hydrogen) atoms. The first-order valence-corrected chi connectivity index (χ1v) is 15.4. The highest BCUT2D eigenvalue weighted by molar-refractivity contribution is 7.09. The number of nitrogens with one attached hydrogen (secondary N) is 1. The number of amides is 2. The van der Waals surface area contributed by atoms with Crippen molar-refractivity contribution in [3.8, 4) is 22.8 Å². The SMILES string of the molecule is COc1ccc(-c2nsc(C(=O)N(c3ccc(C(C)C)cc3)[C@H](C(=O)NC3CCCC3)c3ccc(OC)cc3)c2N)cc1. The first-order chi connectivity index (χ1) is 20.8. The van der Waals surface area contributed by atoms with Crippen molar-refractivity contribution in [3.05, 3.63) is 88.8 Å². The van der Waals surface area contributed by atoms with Crippen LogP contribution in [0.25, 0.3) is 11.3 Å². The topological polar surface area (TPSA) is 107 Å². The highest BCUT2D eigenvalue weighted by Gasteiger charge is 2.37. The van der Waals surface area contributed by atoms with Crippen LogP contribution in [0.15, 0.2) is 72.8 Å². The zero-order valence-electron chi connectivity index (χ0n) is 25.0. The average molecular weight is 599 g/mol. The summed E-state index contributed by atoms with van der Waals surface area (Å²) >= 11 is 1.03. The summed E-state index contributed by atoms with van der Waals surface area (Å²) in [5, 5.41) is 3.23. The first kappa shape index (κ1) is 30.1. The monoisotopic (exact) mass is 598 g/mol. The summed E-state index contributed by atoms with van der Waals surface area (Å²) in [5.74, 6) is 1.05. The largest absolute Gasteiger partial charge is 0.497 e. The van der Waals surface area contributed by atoms with Crippen molar-refractivity contribution in [2.24, 2.45) is 0 Å². The molecule has 2 amide bonds. The van der Waals surface area contributed by atoms with Crippen molar-refractivity contribution < 1.29 is 19.1 Å². The number of methoxy groups -OCH3 is 2. The molecule has 1 aromatic heterocycles. The van der Waals surface area contributed by atoms with Gasteiger partial charge >= 0.3 is 0 Å². The molecule has 5 rings (SSSR count). The molecule has 4 aromatic rings. The highest BCUT2D eigenvalue weighted by Crippen LogP contribution is 2.37. The maximum Gasteiger partial charge on any atom is 0.273 e. The van der Waals surface area contributed by atoms with Crippen LogP contribution in [0, 0.1) is 0 Å². The number of nitrogen functional groups attached to an aromatic ring is 1. The first-order valence-electron chi connectivity index (χ1n) is 14.6. The van der Waals surface area contributed by atoms with Gasteiger partial charge in [-0.25, -0.2) is 0 Å².